The molecule has 1 atom stereocenters. The smallest absolute Gasteiger partial charge is 0.252 e. The summed E-state index contributed by atoms with van der Waals surface area (Å²) in [5, 5.41) is 0. The molecule has 0 saturated heterocycles. The average Bonchev–Trinajstić information content (AvgIpc) is 3.84. The van der Waals surface area contributed by atoms with E-state index in [1.807, 2.05) is 0 Å². The van der Waals surface area contributed by atoms with Gasteiger partial charge in [0.2, 0.25) is 0 Å². The van der Waals surface area contributed by atoms with E-state index in [0.717, 1.165) is 22.7 Å². The molecule has 6 heteroatoms. The number of fused-ring (bicyclic) bond motifs is 12. The molecule has 1 aliphatic carbocycles. The molecular formula is C67H44B2N4. The first-order chi connectivity index (χ1) is 36.3. The van der Waals surface area contributed by atoms with Gasteiger partial charge in [-0.05, 0) is 146 Å². The topological polar surface area (TPSA) is 13.0 Å². The van der Waals surface area contributed by atoms with Crippen molar-refractivity contribution in [3.05, 3.63) is 278 Å². The van der Waals surface area contributed by atoms with Crippen LogP contribution in [0.4, 0.5) is 68.2 Å². The number of benzene rings is 11. The summed E-state index contributed by atoms with van der Waals surface area (Å²) in [6.45, 7) is 0.0376. The van der Waals surface area contributed by atoms with Crippen LogP contribution in [0.5, 0.6) is 0 Å². The lowest BCUT2D eigenvalue weighted by molar-refractivity contribution is 1.02. The molecule has 1 unspecified atom stereocenters. The molecule has 0 bridgehead atoms. The lowest BCUT2D eigenvalue weighted by Crippen LogP contribution is -2.61. The average molecular weight is 927 g/mol. The van der Waals surface area contributed by atoms with E-state index >= 15 is 0 Å². The van der Waals surface area contributed by atoms with Crippen molar-refractivity contribution in [3.63, 3.8) is 0 Å². The van der Waals surface area contributed by atoms with Crippen LogP contribution in [0.15, 0.2) is 261 Å². The number of hydrogen-bond donors (Lipinski definition) is 0. The second kappa shape index (κ2) is 15.6. The number of nitrogens with zero attached hydrogens (tertiary/aromatic N) is 4. The van der Waals surface area contributed by atoms with Crippen LogP contribution in [0.3, 0.4) is 0 Å². The van der Waals surface area contributed by atoms with Gasteiger partial charge in [-0.1, -0.05) is 170 Å². The zero-order valence-corrected chi connectivity index (χ0v) is 39.8. The molecule has 73 heavy (non-hydrogen) atoms. The predicted octanol–water partition coefficient (Wildman–Crippen LogP) is 13.0. The first-order valence-electron chi connectivity index (χ1n) is 25.5. The van der Waals surface area contributed by atoms with E-state index in [-0.39, 0.29) is 19.3 Å². The Labute approximate surface area is 426 Å². The van der Waals surface area contributed by atoms with Gasteiger partial charge in [-0.3, -0.25) is 0 Å². The number of hydrogen-bond acceptors (Lipinski definition) is 4. The molecule has 0 radical (unpaired) electrons. The minimum atomic E-state index is 0.000774. The van der Waals surface area contributed by atoms with E-state index in [2.05, 4.69) is 280 Å². The third-order valence-corrected chi connectivity index (χ3v) is 16.3. The van der Waals surface area contributed by atoms with E-state index in [9.17, 15) is 0 Å². The second-order valence-corrected chi connectivity index (χ2v) is 19.9. The zero-order valence-electron chi connectivity index (χ0n) is 39.8. The number of anilines is 12. The predicted molar refractivity (Wildman–Crippen MR) is 307 cm³/mol. The summed E-state index contributed by atoms with van der Waals surface area (Å²) < 4.78 is 0. The van der Waals surface area contributed by atoms with Crippen LogP contribution in [0.1, 0.15) is 22.6 Å². The van der Waals surface area contributed by atoms with E-state index in [4.69, 9.17) is 0 Å². The summed E-state index contributed by atoms with van der Waals surface area (Å²) in [6.07, 6.45) is 0. The largest absolute Gasteiger partial charge is 0.311 e. The lowest BCUT2D eigenvalue weighted by atomic mass is 9.33. The molecule has 338 valence electrons. The van der Waals surface area contributed by atoms with Gasteiger partial charge in [-0.25, -0.2) is 0 Å². The quantitative estimate of drug-likeness (QED) is 0.159. The minimum Gasteiger partial charge on any atom is -0.311 e. The van der Waals surface area contributed by atoms with Crippen LogP contribution in [-0.2, 0) is 0 Å². The van der Waals surface area contributed by atoms with Crippen LogP contribution in [0, 0.1) is 0 Å². The maximum atomic E-state index is 2.58. The summed E-state index contributed by atoms with van der Waals surface area (Å²) in [4.78, 5) is 10.0. The van der Waals surface area contributed by atoms with Gasteiger partial charge in [0.1, 0.15) is 0 Å². The van der Waals surface area contributed by atoms with Gasteiger partial charge in [0.25, 0.3) is 13.4 Å². The van der Waals surface area contributed by atoms with E-state index in [1.54, 1.807) is 0 Å². The SMILES string of the molecule is c1ccc(N2c3ccccc3B3c4cc(C5c6ccccc6-c6c5ccc5c6N(c6ccccc6)c6cccc7c6B5c5ccccc5N7c5ccccc5)ccc4N(c4ccccc4)c4cccc2c43)cc1. The van der Waals surface area contributed by atoms with Gasteiger partial charge in [0, 0.05) is 79.7 Å². The van der Waals surface area contributed by atoms with Crippen molar-refractivity contribution in [2.45, 2.75) is 5.92 Å². The molecule has 0 N–H and O–H groups in total. The van der Waals surface area contributed by atoms with Crippen LogP contribution in [-0.4, -0.2) is 13.4 Å². The standard InChI is InChI=1S/C67H44B2N4/c1-5-21-45(22-6-1)70-56-33-17-15-31-52(56)68-54-41-40-51-63(49-29-13-14-30-50(49)64(51)67(54)73(48-27-11-4-12-28-48)62-38-20-37-61(70)66(62)68)44-39-42-58-55(43-44)69-53-32-16-18-34-57(53)71(46-23-7-2-8-24-46)59-35-19-36-60(65(59)69)72(58)47-25-9-3-10-26-47/h1-43,63H. The molecule has 0 saturated carbocycles. The second-order valence-electron chi connectivity index (χ2n) is 19.9. The van der Waals surface area contributed by atoms with Gasteiger partial charge in [-0.15, -0.1) is 0 Å². The van der Waals surface area contributed by atoms with Gasteiger partial charge in [0.05, 0.1) is 0 Å². The van der Waals surface area contributed by atoms with E-state index in [0.29, 0.717) is 0 Å². The zero-order chi connectivity index (χ0) is 47.7. The Morgan fingerprint density at radius 3 is 1.22 bits per heavy atom. The third kappa shape index (κ3) is 5.69. The molecule has 0 fully saturated rings. The van der Waals surface area contributed by atoms with Crippen molar-refractivity contribution >= 4 is 114 Å². The molecule has 0 spiro atoms. The van der Waals surface area contributed by atoms with Crippen molar-refractivity contribution in [1.29, 1.82) is 0 Å². The Morgan fingerprint density at radius 1 is 0.274 bits per heavy atom. The molecule has 5 aliphatic rings. The Balaban J connectivity index is 0.934. The van der Waals surface area contributed by atoms with Crippen LogP contribution >= 0.6 is 0 Å². The molecule has 4 heterocycles. The summed E-state index contributed by atoms with van der Waals surface area (Å²) in [5.74, 6) is 0.000774. The maximum absolute atomic E-state index is 2.58. The Kier molecular flexibility index (Phi) is 8.66. The van der Waals surface area contributed by atoms with Crippen molar-refractivity contribution in [2.24, 2.45) is 0 Å². The number of para-hydroxylation sites is 6. The molecule has 0 aromatic heterocycles. The van der Waals surface area contributed by atoms with Crippen molar-refractivity contribution < 1.29 is 0 Å². The van der Waals surface area contributed by atoms with Crippen molar-refractivity contribution in [1.82, 2.24) is 0 Å². The molecule has 16 rings (SSSR count). The van der Waals surface area contributed by atoms with Crippen molar-refractivity contribution in [3.8, 4) is 11.1 Å². The van der Waals surface area contributed by atoms with Crippen LogP contribution in [0.25, 0.3) is 11.1 Å². The lowest BCUT2D eigenvalue weighted by Gasteiger charge is -2.44. The highest BCUT2D eigenvalue weighted by Gasteiger charge is 2.47. The normalized spacial score (nSPS) is 14.8. The highest BCUT2D eigenvalue weighted by Crippen LogP contribution is 2.55. The molecule has 0 amide bonds. The third-order valence-electron chi connectivity index (χ3n) is 16.3. The Hall–Kier alpha value is -9.25. The first-order valence-corrected chi connectivity index (χ1v) is 25.5. The maximum Gasteiger partial charge on any atom is 0.252 e. The first kappa shape index (κ1) is 40.5. The molecular weight excluding hydrogens is 882 g/mol. The molecule has 4 aliphatic heterocycles. The van der Waals surface area contributed by atoms with E-state index < -0.39 is 0 Å². The summed E-state index contributed by atoms with van der Waals surface area (Å²) in [5.41, 5.74) is 29.0. The fourth-order valence-corrected chi connectivity index (χ4v) is 13.5. The minimum absolute atomic E-state index is 0.000774. The Morgan fingerprint density at radius 2 is 0.685 bits per heavy atom. The fourth-order valence-electron chi connectivity index (χ4n) is 13.5. The van der Waals surface area contributed by atoms with E-state index in [1.165, 1.54) is 106 Å². The molecule has 4 nitrogen and oxygen atoms in total. The monoisotopic (exact) mass is 926 g/mol. The highest BCUT2D eigenvalue weighted by molar-refractivity contribution is 7.01. The molecule has 11 aromatic carbocycles. The summed E-state index contributed by atoms with van der Waals surface area (Å²) >= 11 is 0. The van der Waals surface area contributed by atoms with Crippen molar-refractivity contribution in [2.75, 3.05) is 19.6 Å². The molecule has 11 aromatic rings. The Bertz CT molecular complexity index is 4020. The van der Waals surface area contributed by atoms with Gasteiger partial charge in [0.15, 0.2) is 0 Å². The van der Waals surface area contributed by atoms with Crippen LogP contribution in [0.2, 0.25) is 0 Å². The highest BCUT2D eigenvalue weighted by atomic mass is 15.2. The summed E-state index contributed by atoms with van der Waals surface area (Å²) in [7, 11) is 0. The fraction of sp³-hybridized carbons (Fsp3) is 0.0149. The van der Waals surface area contributed by atoms with Gasteiger partial charge in [-0.2, -0.15) is 0 Å². The van der Waals surface area contributed by atoms with Gasteiger partial charge >= 0.3 is 0 Å². The number of rotatable bonds is 5. The van der Waals surface area contributed by atoms with Gasteiger partial charge < -0.3 is 19.6 Å². The summed E-state index contributed by atoms with van der Waals surface area (Å²) in [6, 6.07) is 97.3. The van der Waals surface area contributed by atoms with Crippen LogP contribution < -0.4 is 52.4 Å².